The van der Waals surface area contributed by atoms with Crippen LogP contribution in [0.15, 0.2) is 21.0 Å². The van der Waals surface area contributed by atoms with Crippen LogP contribution in [-0.4, -0.2) is 18.1 Å². The zero-order valence-electron chi connectivity index (χ0n) is 7.58. The van der Waals surface area contributed by atoms with E-state index in [0.29, 0.717) is 21.1 Å². The van der Waals surface area contributed by atoms with Crippen molar-refractivity contribution in [2.75, 3.05) is 7.11 Å². The molecular weight excluding hydrogens is 285 g/mol. The van der Waals surface area contributed by atoms with Gasteiger partial charge in [0, 0.05) is 4.47 Å². The van der Waals surface area contributed by atoms with Crippen molar-refractivity contribution in [3.8, 4) is 0 Å². The number of halogens is 2. The summed E-state index contributed by atoms with van der Waals surface area (Å²) in [7, 11) is 1.31. The normalized spacial score (nSPS) is 10.6. The first-order valence-electron chi connectivity index (χ1n) is 3.95. The zero-order valence-corrected chi connectivity index (χ0v) is 9.92. The number of carbonyl (C=O) groups is 1. The Morgan fingerprint density at radius 3 is 3.00 bits per heavy atom. The second kappa shape index (κ2) is 3.83. The maximum absolute atomic E-state index is 11.3. The van der Waals surface area contributed by atoms with Crippen molar-refractivity contribution in [1.82, 2.24) is 4.98 Å². The fourth-order valence-electron chi connectivity index (χ4n) is 1.20. The van der Waals surface area contributed by atoms with Gasteiger partial charge in [0.15, 0.2) is 5.58 Å². The molecule has 0 bridgehead atoms. The quantitative estimate of drug-likeness (QED) is 0.758. The number of benzene rings is 1. The Labute approximate surface area is 98.3 Å². The molecule has 6 heteroatoms. The van der Waals surface area contributed by atoms with E-state index in [1.165, 1.54) is 13.2 Å². The Bertz CT molecular complexity index is 537. The molecule has 0 N–H and O–H groups in total. The Hall–Kier alpha value is -1.07. The van der Waals surface area contributed by atoms with Crippen molar-refractivity contribution in [1.29, 1.82) is 0 Å². The van der Waals surface area contributed by atoms with Gasteiger partial charge >= 0.3 is 5.97 Å². The molecule has 0 aliphatic heterocycles. The molecule has 1 aromatic heterocycles. The van der Waals surface area contributed by atoms with E-state index in [4.69, 9.17) is 16.0 Å². The number of methoxy groups -OCH3 is 1. The predicted molar refractivity (Wildman–Crippen MR) is 58.1 cm³/mol. The second-order valence-corrected chi connectivity index (χ2v) is 3.94. The maximum atomic E-state index is 11.3. The van der Waals surface area contributed by atoms with Gasteiger partial charge in [-0.25, -0.2) is 4.79 Å². The molecule has 1 heterocycles. The highest BCUT2D eigenvalue weighted by molar-refractivity contribution is 9.10. The summed E-state index contributed by atoms with van der Waals surface area (Å²) in [4.78, 5) is 15.2. The van der Waals surface area contributed by atoms with E-state index >= 15 is 0 Å². The Morgan fingerprint density at radius 2 is 2.33 bits per heavy atom. The molecule has 15 heavy (non-hydrogen) atoms. The third-order valence-corrected chi connectivity index (χ3v) is 2.61. The van der Waals surface area contributed by atoms with Gasteiger partial charge in [-0.1, -0.05) is 0 Å². The largest absolute Gasteiger partial charge is 0.465 e. The summed E-state index contributed by atoms with van der Waals surface area (Å²) in [5.41, 5.74) is 1.40. The minimum atomic E-state index is -0.440. The van der Waals surface area contributed by atoms with Crippen LogP contribution in [0.4, 0.5) is 0 Å². The molecule has 0 spiro atoms. The predicted octanol–water partition coefficient (Wildman–Crippen LogP) is 3.03. The molecule has 4 nitrogen and oxygen atoms in total. The topological polar surface area (TPSA) is 52.3 Å². The molecule has 2 aromatic rings. The highest BCUT2D eigenvalue weighted by Gasteiger charge is 2.13. The molecule has 0 amide bonds. The summed E-state index contributed by atoms with van der Waals surface area (Å²) in [6, 6.07) is 3.14. The van der Waals surface area contributed by atoms with Crippen molar-refractivity contribution in [2.45, 2.75) is 0 Å². The van der Waals surface area contributed by atoms with E-state index in [9.17, 15) is 4.79 Å². The highest BCUT2D eigenvalue weighted by Crippen LogP contribution is 2.28. The summed E-state index contributed by atoms with van der Waals surface area (Å²) < 4.78 is 10.3. The van der Waals surface area contributed by atoms with Gasteiger partial charge in [-0.2, -0.15) is 4.98 Å². The average Bonchev–Trinajstić information content (AvgIpc) is 2.58. The molecule has 0 radical (unpaired) electrons. The van der Waals surface area contributed by atoms with Gasteiger partial charge in [0.05, 0.1) is 12.7 Å². The lowest BCUT2D eigenvalue weighted by atomic mass is 10.2. The lowest BCUT2D eigenvalue weighted by Gasteiger charge is -1.99. The van der Waals surface area contributed by atoms with Gasteiger partial charge in [-0.05, 0) is 39.7 Å². The fourth-order valence-corrected chi connectivity index (χ4v) is 1.90. The summed E-state index contributed by atoms with van der Waals surface area (Å²) in [6.07, 6.45) is 0. The number of hydrogen-bond acceptors (Lipinski definition) is 4. The smallest absolute Gasteiger partial charge is 0.338 e. The number of rotatable bonds is 1. The van der Waals surface area contributed by atoms with Crippen LogP contribution in [-0.2, 0) is 4.74 Å². The number of fused-ring (bicyclic) bond motifs is 1. The van der Waals surface area contributed by atoms with E-state index < -0.39 is 5.97 Å². The monoisotopic (exact) mass is 289 g/mol. The van der Waals surface area contributed by atoms with E-state index in [-0.39, 0.29) is 5.35 Å². The van der Waals surface area contributed by atoms with Gasteiger partial charge in [0.2, 0.25) is 0 Å². The first-order valence-corrected chi connectivity index (χ1v) is 5.13. The first-order chi connectivity index (χ1) is 7.11. The summed E-state index contributed by atoms with van der Waals surface area (Å²) in [5, 5.41) is 0.0349. The number of ether oxygens (including phenoxy) is 1. The number of hydrogen-bond donors (Lipinski definition) is 0. The Balaban J connectivity index is 2.66. The van der Waals surface area contributed by atoms with Gasteiger partial charge in [0.25, 0.3) is 5.35 Å². The van der Waals surface area contributed by atoms with Gasteiger partial charge in [0.1, 0.15) is 5.52 Å². The van der Waals surface area contributed by atoms with Gasteiger partial charge < -0.3 is 9.15 Å². The maximum Gasteiger partial charge on any atom is 0.338 e. The van der Waals surface area contributed by atoms with Crippen molar-refractivity contribution < 1.29 is 13.9 Å². The molecule has 0 fully saturated rings. The minimum Gasteiger partial charge on any atom is -0.465 e. The van der Waals surface area contributed by atoms with Crippen LogP contribution in [0.3, 0.4) is 0 Å². The van der Waals surface area contributed by atoms with Crippen molar-refractivity contribution in [3.05, 3.63) is 27.5 Å². The Morgan fingerprint density at radius 1 is 1.60 bits per heavy atom. The van der Waals surface area contributed by atoms with Crippen LogP contribution in [0.2, 0.25) is 5.35 Å². The molecule has 78 valence electrons. The fraction of sp³-hybridized carbons (Fsp3) is 0.111. The molecular formula is C9H5BrClNO3. The zero-order chi connectivity index (χ0) is 11.0. The van der Waals surface area contributed by atoms with Crippen LogP contribution >= 0.6 is 27.5 Å². The standard InChI is InChI=1S/C9H5BrClNO3/c1-14-8(13)4-2-5(10)7-6(3-4)15-9(11)12-7/h2-3H,1H3. The van der Waals surface area contributed by atoms with E-state index in [1.807, 2.05) is 0 Å². The SMILES string of the molecule is COC(=O)c1cc(Br)c2nc(Cl)oc2c1. The van der Waals surface area contributed by atoms with Crippen LogP contribution in [0.25, 0.3) is 11.1 Å². The lowest BCUT2D eigenvalue weighted by molar-refractivity contribution is 0.0600. The molecule has 0 atom stereocenters. The third kappa shape index (κ3) is 1.85. The van der Waals surface area contributed by atoms with E-state index in [1.54, 1.807) is 6.07 Å². The third-order valence-electron chi connectivity index (χ3n) is 1.84. The minimum absolute atomic E-state index is 0.0349. The molecule has 0 unspecified atom stereocenters. The van der Waals surface area contributed by atoms with Crippen molar-refractivity contribution in [3.63, 3.8) is 0 Å². The summed E-state index contributed by atoms with van der Waals surface area (Å²) >= 11 is 8.88. The molecule has 0 aliphatic carbocycles. The number of esters is 1. The summed E-state index contributed by atoms with van der Waals surface area (Å²) in [6.45, 7) is 0. The molecule has 2 rings (SSSR count). The van der Waals surface area contributed by atoms with Crippen LogP contribution < -0.4 is 0 Å². The molecule has 0 aliphatic rings. The highest BCUT2D eigenvalue weighted by atomic mass is 79.9. The van der Waals surface area contributed by atoms with E-state index in [0.717, 1.165) is 0 Å². The van der Waals surface area contributed by atoms with Gasteiger partial charge in [-0.15, -0.1) is 0 Å². The molecule has 1 aromatic carbocycles. The average molecular weight is 290 g/mol. The van der Waals surface area contributed by atoms with Crippen LogP contribution in [0.5, 0.6) is 0 Å². The second-order valence-electron chi connectivity index (χ2n) is 2.76. The van der Waals surface area contributed by atoms with Crippen LogP contribution in [0.1, 0.15) is 10.4 Å². The van der Waals surface area contributed by atoms with Crippen molar-refractivity contribution in [2.24, 2.45) is 0 Å². The summed E-state index contributed by atoms with van der Waals surface area (Å²) in [5.74, 6) is -0.440. The van der Waals surface area contributed by atoms with Crippen molar-refractivity contribution >= 4 is 44.6 Å². The molecule has 0 saturated heterocycles. The first kappa shape index (κ1) is 10.4. The number of oxazole rings is 1. The lowest BCUT2D eigenvalue weighted by Crippen LogP contribution is -2.00. The number of nitrogens with zero attached hydrogens (tertiary/aromatic N) is 1. The van der Waals surface area contributed by atoms with Crippen LogP contribution in [0, 0.1) is 0 Å². The number of carbonyl (C=O) groups excluding carboxylic acids is 1. The number of aromatic nitrogens is 1. The van der Waals surface area contributed by atoms with Gasteiger partial charge in [-0.3, -0.25) is 0 Å². The Kier molecular flexibility index (Phi) is 2.67. The van der Waals surface area contributed by atoms with E-state index in [2.05, 4.69) is 25.7 Å². The molecule has 0 saturated carbocycles.